The fourth-order valence-corrected chi connectivity index (χ4v) is 4.40. The molecule has 1 saturated carbocycles. The van der Waals surface area contributed by atoms with Gasteiger partial charge in [0.25, 0.3) is 0 Å². The summed E-state index contributed by atoms with van der Waals surface area (Å²) in [4.78, 5) is 19.2. The zero-order valence-electron chi connectivity index (χ0n) is 17.7. The fraction of sp³-hybridized carbons (Fsp3) is 0.565. The number of piperidine rings is 1. The summed E-state index contributed by atoms with van der Waals surface area (Å²) in [5, 5.41) is 3.37. The molecule has 2 aromatic rings. The number of fused-ring (bicyclic) bond motifs is 1. The Kier molecular flexibility index (Phi) is 6.37. The molecule has 1 aliphatic carbocycles. The lowest BCUT2D eigenvalue weighted by molar-refractivity contribution is -0.133. The Balaban J connectivity index is 1.43. The van der Waals surface area contributed by atoms with Gasteiger partial charge in [0.1, 0.15) is 6.26 Å². The molecule has 2 fully saturated rings. The zero-order chi connectivity index (χ0) is 21.1. The number of oxazole rings is 1. The van der Waals surface area contributed by atoms with Crippen LogP contribution in [0.1, 0.15) is 43.3 Å². The maximum Gasteiger partial charge on any atom is 0.223 e. The number of halogens is 1. The van der Waals surface area contributed by atoms with Crippen LogP contribution >= 0.6 is 0 Å². The van der Waals surface area contributed by atoms with Crippen LogP contribution in [0.4, 0.5) is 4.39 Å². The summed E-state index contributed by atoms with van der Waals surface area (Å²) in [6.45, 7) is 7.05. The van der Waals surface area contributed by atoms with Crippen LogP contribution in [-0.2, 0) is 17.9 Å². The van der Waals surface area contributed by atoms with Gasteiger partial charge in [0.05, 0.1) is 18.8 Å². The lowest BCUT2D eigenvalue weighted by Crippen LogP contribution is -2.31. The predicted octanol–water partition coefficient (Wildman–Crippen LogP) is 3.69. The molecule has 6 nitrogen and oxygen atoms in total. The van der Waals surface area contributed by atoms with E-state index in [9.17, 15) is 9.18 Å². The molecule has 2 heterocycles. The molecular weight excluding hydrogens is 385 g/mol. The van der Waals surface area contributed by atoms with E-state index in [1.165, 1.54) is 6.07 Å². The number of nitrogens with one attached hydrogen (secondary N) is 1. The van der Waals surface area contributed by atoms with Crippen LogP contribution in [0.15, 0.2) is 28.9 Å². The molecule has 1 aromatic carbocycles. The third-order valence-electron chi connectivity index (χ3n) is 6.18. The van der Waals surface area contributed by atoms with E-state index in [0.717, 1.165) is 31.5 Å². The summed E-state index contributed by atoms with van der Waals surface area (Å²) in [5.41, 5.74) is 1.44. The topological polar surface area (TPSA) is 67.6 Å². The van der Waals surface area contributed by atoms with Gasteiger partial charge in [-0.2, -0.15) is 0 Å². The van der Waals surface area contributed by atoms with E-state index in [-0.39, 0.29) is 11.7 Å². The predicted molar refractivity (Wildman–Crippen MR) is 110 cm³/mol. The average Bonchev–Trinajstić information content (AvgIpc) is 3.06. The van der Waals surface area contributed by atoms with E-state index in [1.54, 1.807) is 24.2 Å². The number of ether oxygens (including phenoxy) is 1. The number of rotatable bonds is 10. The first-order chi connectivity index (χ1) is 14.5. The number of carbonyl (C=O) groups is 1. The Hall–Kier alpha value is -2.41. The standard InChI is InChI=1S/C23H30FN3O3/c1-3-4-7-29-22-6-5-16(8-21(22)24)12-27(13-17-14-30-15(2)26-17)23(28)9-18-19-10-25-11-20(18)19/h5-6,8,14,18-20,25H,3-4,7,9-13H2,1-2H3/t18?,19-,20+. The van der Waals surface area contributed by atoms with Gasteiger partial charge in [-0.25, -0.2) is 9.37 Å². The summed E-state index contributed by atoms with van der Waals surface area (Å²) in [7, 11) is 0. The molecule has 1 saturated heterocycles. The van der Waals surface area contributed by atoms with E-state index < -0.39 is 5.82 Å². The van der Waals surface area contributed by atoms with Gasteiger partial charge < -0.3 is 19.4 Å². The van der Waals surface area contributed by atoms with Crippen molar-refractivity contribution in [1.29, 1.82) is 0 Å². The lowest BCUT2D eigenvalue weighted by Gasteiger charge is -2.23. The van der Waals surface area contributed by atoms with Crippen molar-refractivity contribution >= 4 is 5.91 Å². The van der Waals surface area contributed by atoms with Crippen molar-refractivity contribution in [2.24, 2.45) is 17.8 Å². The Bertz CT molecular complexity index is 874. The number of aromatic nitrogens is 1. The number of hydrogen-bond donors (Lipinski definition) is 1. The molecule has 0 radical (unpaired) electrons. The minimum atomic E-state index is -0.393. The van der Waals surface area contributed by atoms with Crippen molar-refractivity contribution in [1.82, 2.24) is 15.2 Å². The highest BCUT2D eigenvalue weighted by atomic mass is 19.1. The van der Waals surface area contributed by atoms with Crippen LogP contribution in [0.5, 0.6) is 5.75 Å². The third-order valence-corrected chi connectivity index (χ3v) is 6.18. The smallest absolute Gasteiger partial charge is 0.223 e. The van der Waals surface area contributed by atoms with Gasteiger partial charge in [0.2, 0.25) is 5.91 Å². The Morgan fingerprint density at radius 1 is 1.33 bits per heavy atom. The first-order valence-corrected chi connectivity index (χ1v) is 10.9. The summed E-state index contributed by atoms with van der Waals surface area (Å²) in [6.07, 6.45) is 4.00. The highest BCUT2D eigenvalue weighted by Gasteiger charge is 2.53. The molecular formula is C23H30FN3O3. The zero-order valence-corrected chi connectivity index (χ0v) is 17.7. The molecule has 0 bridgehead atoms. The van der Waals surface area contributed by atoms with E-state index in [1.807, 2.05) is 6.07 Å². The highest BCUT2D eigenvalue weighted by Crippen LogP contribution is 2.50. The van der Waals surface area contributed by atoms with Gasteiger partial charge in [-0.1, -0.05) is 19.4 Å². The maximum absolute atomic E-state index is 14.5. The van der Waals surface area contributed by atoms with Gasteiger partial charge in [-0.05, 0) is 55.0 Å². The van der Waals surface area contributed by atoms with Crippen LogP contribution in [0, 0.1) is 30.5 Å². The molecule has 1 aliphatic heterocycles. The number of unbranched alkanes of at least 4 members (excludes halogenated alkanes) is 1. The van der Waals surface area contributed by atoms with E-state index in [4.69, 9.17) is 9.15 Å². The summed E-state index contributed by atoms with van der Waals surface area (Å²) >= 11 is 0. The van der Waals surface area contributed by atoms with Crippen molar-refractivity contribution in [2.75, 3.05) is 19.7 Å². The Morgan fingerprint density at radius 3 is 2.80 bits per heavy atom. The van der Waals surface area contributed by atoms with Crippen LogP contribution in [-0.4, -0.2) is 35.5 Å². The van der Waals surface area contributed by atoms with Crippen molar-refractivity contribution in [3.63, 3.8) is 0 Å². The molecule has 1 N–H and O–H groups in total. The van der Waals surface area contributed by atoms with Crippen molar-refractivity contribution in [2.45, 2.75) is 46.2 Å². The Morgan fingerprint density at radius 2 is 2.13 bits per heavy atom. The first kappa shape index (κ1) is 20.8. The highest BCUT2D eigenvalue weighted by molar-refractivity contribution is 5.77. The molecule has 2 aliphatic rings. The van der Waals surface area contributed by atoms with Crippen molar-refractivity contribution in [3.05, 3.63) is 47.4 Å². The number of carbonyl (C=O) groups excluding carboxylic acids is 1. The number of nitrogens with zero attached hydrogens (tertiary/aromatic N) is 2. The molecule has 1 aromatic heterocycles. The molecule has 1 amide bonds. The summed E-state index contributed by atoms with van der Waals surface area (Å²) in [5.74, 6) is 2.24. The normalized spacial score (nSPS) is 22.0. The summed E-state index contributed by atoms with van der Waals surface area (Å²) in [6, 6.07) is 4.94. The number of hydrogen-bond acceptors (Lipinski definition) is 5. The van der Waals surface area contributed by atoms with Crippen LogP contribution < -0.4 is 10.1 Å². The Labute approximate surface area is 176 Å². The van der Waals surface area contributed by atoms with E-state index in [2.05, 4.69) is 17.2 Å². The molecule has 1 unspecified atom stereocenters. The second-order valence-electron chi connectivity index (χ2n) is 8.43. The van der Waals surface area contributed by atoms with Gasteiger partial charge >= 0.3 is 0 Å². The lowest BCUT2D eigenvalue weighted by atomic mass is 10.1. The van der Waals surface area contributed by atoms with Gasteiger partial charge in [-0.3, -0.25) is 4.79 Å². The average molecular weight is 416 g/mol. The minimum absolute atomic E-state index is 0.0822. The molecule has 162 valence electrons. The second-order valence-corrected chi connectivity index (χ2v) is 8.43. The number of benzene rings is 1. The number of aryl methyl sites for hydroxylation is 1. The van der Waals surface area contributed by atoms with Crippen molar-refractivity contribution < 1.29 is 18.3 Å². The minimum Gasteiger partial charge on any atom is -0.491 e. The van der Waals surface area contributed by atoms with Crippen LogP contribution in [0.25, 0.3) is 0 Å². The SMILES string of the molecule is CCCCOc1ccc(CN(Cc2coc(C)n2)C(=O)CC2[C@H]3CNC[C@@H]23)cc1F. The third kappa shape index (κ3) is 4.83. The van der Waals surface area contributed by atoms with Gasteiger partial charge in [0.15, 0.2) is 17.5 Å². The van der Waals surface area contributed by atoms with Gasteiger partial charge in [-0.15, -0.1) is 0 Å². The monoisotopic (exact) mass is 415 g/mol. The molecule has 7 heteroatoms. The van der Waals surface area contributed by atoms with E-state index in [0.29, 0.717) is 55.5 Å². The van der Waals surface area contributed by atoms with Crippen LogP contribution in [0.2, 0.25) is 0 Å². The quantitative estimate of drug-likeness (QED) is 0.600. The fourth-order valence-electron chi connectivity index (χ4n) is 4.40. The molecule has 3 atom stereocenters. The first-order valence-electron chi connectivity index (χ1n) is 10.9. The maximum atomic E-state index is 14.5. The second kappa shape index (κ2) is 9.16. The van der Waals surface area contributed by atoms with Gasteiger partial charge in [0, 0.05) is 19.9 Å². The van der Waals surface area contributed by atoms with Crippen molar-refractivity contribution in [3.8, 4) is 5.75 Å². The number of amides is 1. The largest absolute Gasteiger partial charge is 0.491 e. The molecule has 30 heavy (non-hydrogen) atoms. The van der Waals surface area contributed by atoms with E-state index >= 15 is 0 Å². The van der Waals surface area contributed by atoms with Crippen LogP contribution in [0.3, 0.4) is 0 Å². The molecule has 4 rings (SSSR count). The summed E-state index contributed by atoms with van der Waals surface area (Å²) < 4.78 is 25.3. The molecule has 0 spiro atoms.